The first-order chi connectivity index (χ1) is 13.5. The number of carbonyl (C=O) groups excluding carboxylic acids is 1. The van der Waals surface area contributed by atoms with Crippen LogP contribution in [0.4, 0.5) is 0 Å². The van der Waals surface area contributed by atoms with Crippen LogP contribution in [0, 0.1) is 13.8 Å². The summed E-state index contributed by atoms with van der Waals surface area (Å²) in [5.41, 5.74) is 3.05. The summed E-state index contributed by atoms with van der Waals surface area (Å²) in [7, 11) is 0. The Morgan fingerprint density at radius 2 is 1.79 bits per heavy atom. The molecule has 0 aliphatic rings. The van der Waals surface area contributed by atoms with E-state index >= 15 is 0 Å². The van der Waals surface area contributed by atoms with E-state index < -0.39 is 0 Å². The highest BCUT2D eigenvalue weighted by molar-refractivity contribution is 5.99. The third-order valence-electron chi connectivity index (χ3n) is 5.09. The zero-order valence-corrected chi connectivity index (χ0v) is 18.3. The number of hydrogen-bond acceptors (Lipinski definition) is 4. The lowest BCUT2D eigenvalue weighted by atomic mass is 10.2. The molecule has 6 nitrogen and oxygen atoms in total. The number of nitrogens with zero attached hydrogens (tertiary/aromatic N) is 4. The predicted octanol–water partition coefficient (Wildman–Crippen LogP) is 4.15. The molecule has 6 heteroatoms. The van der Waals surface area contributed by atoms with Gasteiger partial charge in [-0.25, -0.2) is 9.50 Å². The van der Waals surface area contributed by atoms with Gasteiger partial charge in [0.1, 0.15) is 5.56 Å². The molecule has 0 fully saturated rings. The highest BCUT2D eigenvalue weighted by Crippen LogP contribution is 2.12. The first-order valence-electron chi connectivity index (χ1n) is 10.8. The molecule has 0 aliphatic carbocycles. The van der Waals surface area contributed by atoms with Crippen LogP contribution in [0.25, 0.3) is 5.65 Å². The van der Waals surface area contributed by atoms with Gasteiger partial charge in [-0.15, -0.1) is 0 Å². The van der Waals surface area contributed by atoms with Gasteiger partial charge in [-0.1, -0.05) is 39.5 Å². The number of amides is 1. The normalized spacial score (nSPS) is 12.6. The average molecular weight is 388 g/mol. The van der Waals surface area contributed by atoms with Crippen molar-refractivity contribution in [2.45, 2.75) is 79.2 Å². The molecule has 0 saturated heterocycles. The number of carbonyl (C=O) groups is 1. The zero-order valence-electron chi connectivity index (χ0n) is 18.3. The van der Waals surface area contributed by atoms with Gasteiger partial charge < -0.3 is 10.2 Å². The van der Waals surface area contributed by atoms with Gasteiger partial charge in [0.15, 0.2) is 5.65 Å². The fourth-order valence-electron chi connectivity index (χ4n) is 3.63. The molecule has 156 valence electrons. The van der Waals surface area contributed by atoms with Crippen LogP contribution in [0.3, 0.4) is 0 Å². The summed E-state index contributed by atoms with van der Waals surface area (Å²) in [5, 5.41) is 7.48. The van der Waals surface area contributed by atoms with Crippen LogP contribution in [-0.2, 0) is 0 Å². The number of nitrogens with one attached hydrogen (secondary N) is 1. The molecule has 2 rings (SSSR count). The molecule has 2 aromatic rings. The summed E-state index contributed by atoms with van der Waals surface area (Å²) in [5.74, 6) is -0.0953. The monoisotopic (exact) mass is 387 g/mol. The van der Waals surface area contributed by atoms with Crippen molar-refractivity contribution >= 4 is 11.6 Å². The van der Waals surface area contributed by atoms with E-state index in [0.29, 0.717) is 11.2 Å². The van der Waals surface area contributed by atoms with E-state index in [1.807, 2.05) is 19.9 Å². The highest BCUT2D eigenvalue weighted by atomic mass is 16.1. The highest BCUT2D eigenvalue weighted by Gasteiger charge is 2.18. The molecule has 0 spiro atoms. The fourth-order valence-corrected chi connectivity index (χ4v) is 3.63. The number of rotatable bonds is 12. The second kappa shape index (κ2) is 11.1. The third kappa shape index (κ3) is 6.30. The maximum Gasteiger partial charge on any atom is 0.257 e. The third-order valence-corrected chi connectivity index (χ3v) is 5.09. The molecule has 0 bridgehead atoms. The lowest BCUT2D eigenvalue weighted by molar-refractivity contribution is 0.0930. The van der Waals surface area contributed by atoms with Crippen LogP contribution in [0.2, 0.25) is 0 Å². The molecule has 0 radical (unpaired) electrons. The van der Waals surface area contributed by atoms with E-state index in [-0.39, 0.29) is 11.9 Å². The largest absolute Gasteiger partial charge is 0.348 e. The van der Waals surface area contributed by atoms with E-state index in [4.69, 9.17) is 0 Å². The van der Waals surface area contributed by atoms with Crippen molar-refractivity contribution in [2.75, 3.05) is 19.6 Å². The minimum atomic E-state index is -0.0953. The Kier molecular flexibility index (Phi) is 8.90. The second-order valence-electron chi connectivity index (χ2n) is 7.92. The van der Waals surface area contributed by atoms with Gasteiger partial charge in [-0.3, -0.25) is 4.79 Å². The molecule has 28 heavy (non-hydrogen) atoms. The zero-order chi connectivity index (χ0) is 20.5. The lowest BCUT2D eigenvalue weighted by Gasteiger charge is -2.26. The van der Waals surface area contributed by atoms with Gasteiger partial charge in [0.2, 0.25) is 0 Å². The topological polar surface area (TPSA) is 62.5 Å². The van der Waals surface area contributed by atoms with Crippen LogP contribution >= 0.6 is 0 Å². The van der Waals surface area contributed by atoms with Crippen LogP contribution in [-0.4, -0.2) is 51.1 Å². The van der Waals surface area contributed by atoms with Crippen molar-refractivity contribution in [2.24, 2.45) is 0 Å². The first-order valence-corrected chi connectivity index (χ1v) is 10.8. The molecule has 0 saturated carbocycles. The van der Waals surface area contributed by atoms with Crippen molar-refractivity contribution in [1.29, 1.82) is 0 Å². The van der Waals surface area contributed by atoms with Crippen LogP contribution in [0.15, 0.2) is 12.3 Å². The maximum atomic E-state index is 12.8. The van der Waals surface area contributed by atoms with E-state index in [1.54, 1.807) is 10.7 Å². The van der Waals surface area contributed by atoms with Crippen molar-refractivity contribution in [3.63, 3.8) is 0 Å². The number of unbranched alkanes of at least 4 members (excludes halogenated alkanes) is 4. The molecule has 2 heterocycles. The Bertz CT molecular complexity index is 745. The second-order valence-corrected chi connectivity index (χ2v) is 7.92. The van der Waals surface area contributed by atoms with Crippen molar-refractivity contribution in [3.8, 4) is 0 Å². The summed E-state index contributed by atoms with van der Waals surface area (Å²) in [6.07, 6.45) is 9.05. The van der Waals surface area contributed by atoms with Gasteiger partial charge in [0.25, 0.3) is 5.91 Å². The van der Waals surface area contributed by atoms with E-state index in [9.17, 15) is 4.79 Å². The van der Waals surface area contributed by atoms with Gasteiger partial charge >= 0.3 is 0 Å². The van der Waals surface area contributed by atoms with Gasteiger partial charge in [0.05, 0.1) is 6.20 Å². The molecule has 0 aromatic carbocycles. The van der Waals surface area contributed by atoms with Crippen LogP contribution in [0.1, 0.15) is 81.0 Å². The van der Waals surface area contributed by atoms with E-state index in [2.05, 4.69) is 41.1 Å². The molecular formula is C22H37N5O. The predicted molar refractivity (Wildman–Crippen MR) is 115 cm³/mol. The Balaban J connectivity index is 1.99. The van der Waals surface area contributed by atoms with Crippen LogP contribution in [0.5, 0.6) is 0 Å². The molecule has 1 N–H and O–H groups in total. The summed E-state index contributed by atoms with van der Waals surface area (Å²) < 4.78 is 1.73. The summed E-state index contributed by atoms with van der Waals surface area (Å²) in [6.45, 7) is 13.6. The maximum absolute atomic E-state index is 12.8. The lowest BCUT2D eigenvalue weighted by Crippen LogP contribution is -2.42. The Hall–Kier alpha value is -1.95. The summed E-state index contributed by atoms with van der Waals surface area (Å²) in [4.78, 5) is 19.8. The molecule has 1 amide bonds. The van der Waals surface area contributed by atoms with Crippen molar-refractivity contribution in [3.05, 3.63) is 29.2 Å². The molecule has 1 atom stereocenters. The Labute approximate surface area is 169 Å². The van der Waals surface area contributed by atoms with E-state index in [1.165, 1.54) is 38.5 Å². The minimum absolute atomic E-state index is 0.0802. The smallest absolute Gasteiger partial charge is 0.257 e. The Morgan fingerprint density at radius 3 is 2.39 bits per heavy atom. The Morgan fingerprint density at radius 1 is 1.14 bits per heavy atom. The number of fused-ring (bicyclic) bond motifs is 1. The quantitative estimate of drug-likeness (QED) is 0.556. The van der Waals surface area contributed by atoms with Gasteiger partial charge in [-0.05, 0) is 52.8 Å². The summed E-state index contributed by atoms with van der Waals surface area (Å²) >= 11 is 0. The van der Waals surface area contributed by atoms with E-state index in [0.717, 1.165) is 31.0 Å². The average Bonchev–Trinajstić information content (AvgIpc) is 3.06. The van der Waals surface area contributed by atoms with Gasteiger partial charge in [0, 0.05) is 24.0 Å². The van der Waals surface area contributed by atoms with Crippen LogP contribution < -0.4 is 5.32 Å². The molecule has 0 aliphatic heterocycles. The number of hydrogen-bond donors (Lipinski definition) is 1. The number of aromatic nitrogens is 3. The first kappa shape index (κ1) is 22.3. The minimum Gasteiger partial charge on any atom is -0.348 e. The molecular weight excluding hydrogens is 350 g/mol. The van der Waals surface area contributed by atoms with Crippen molar-refractivity contribution in [1.82, 2.24) is 24.8 Å². The standard InChI is InChI=1S/C22H37N5O/c1-6-8-10-12-26(13-11-9-7-2)16-18(4)25-22(28)20-15-23-27-19(5)14-17(3)24-21(20)27/h14-15,18H,6-13,16H2,1-5H3,(H,25,28). The summed E-state index contributed by atoms with van der Waals surface area (Å²) in [6, 6.07) is 2.05. The SMILES string of the molecule is CCCCCN(CCCCC)CC(C)NC(=O)c1cnn2c(C)cc(C)nc12. The van der Waals surface area contributed by atoms with Crippen molar-refractivity contribution < 1.29 is 4.79 Å². The molecule has 2 aromatic heterocycles. The number of aryl methyl sites for hydroxylation is 2. The van der Waals surface area contributed by atoms with Gasteiger partial charge in [-0.2, -0.15) is 5.10 Å². The fraction of sp³-hybridized carbons (Fsp3) is 0.682. The molecule has 1 unspecified atom stereocenters.